The van der Waals surface area contributed by atoms with Gasteiger partial charge < -0.3 is 25.3 Å². The summed E-state index contributed by atoms with van der Waals surface area (Å²) in [7, 11) is 5.41. The van der Waals surface area contributed by atoms with Crippen LogP contribution >= 0.6 is 0 Å². The molecule has 1 aliphatic heterocycles. The van der Waals surface area contributed by atoms with Crippen LogP contribution in [0.5, 0.6) is 5.75 Å². The lowest BCUT2D eigenvalue weighted by atomic mass is 10.1. The highest BCUT2D eigenvalue weighted by atomic mass is 19.1. The van der Waals surface area contributed by atoms with Gasteiger partial charge >= 0.3 is 0 Å². The summed E-state index contributed by atoms with van der Waals surface area (Å²) in [4.78, 5) is 41.4. The fourth-order valence-corrected chi connectivity index (χ4v) is 4.54. The molecule has 3 N–H and O–H groups in total. The van der Waals surface area contributed by atoms with Gasteiger partial charge in [-0.05, 0) is 56.9 Å². The van der Waals surface area contributed by atoms with Gasteiger partial charge in [0, 0.05) is 41.2 Å². The predicted molar refractivity (Wildman–Crippen MR) is 130 cm³/mol. The summed E-state index contributed by atoms with van der Waals surface area (Å²) in [5.41, 5.74) is 7.96. The lowest BCUT2D eigenvalue weighted by Gasteiger charge is -2.20. The smallest absolute Gasteiger partial charge is 0.269 e. The summed E-state index contributed by atoms with van der Waals surface area (Å²) < 4.78 is 19.3. The Labute approximate surface area is 200 Å². The van der Waals surface area contributed by atoms with Crippen LogP contribution in [0.4, 0.5) is 4.39 Å². The van der Waals surface area contributed by atoms with Crippen molar-refractivity contribution in [3.63, 3.8) is 0 Å². The number of likely N-dealkylation sites (tertiary alicyclic amines) is 1. The maximum atomic E-state index is 14.3. The van der Waals surface area contributed by atoms with Crippen LogP contribution in [0.25, 0.3) is 33.3 Å². The van der Waals surface area contributed by atoms with Crippen molar-refractivity contribution in [2.45, 2.75) is 12.5 Å². The molecule has 1 fully saturated rings. The quantitative estimate of drug-likeness (QED) is 0.457. The maximum Gasteiger partial charge on any atom is 0.269 e. The van der Waals surface area contributed by atoms with Gasteiger partial charge in [-0.25, -0.2) is 14.4 Å². The van der Waals surface area contributed by atoms with E-state index in [-0.39, 0.29) is 23.2 Å². The largest absolute Gasteiger partial charge is 0.494 e. The summed E-state index contributed by atoms with van der Waals surface area (Å²) in [5.74, 6) is -1.13. The number of methoxy groups -OCH3 is 1. The van der Waals surface area contributed by atoms with Crippen LogP contribution in [-0.4, -0.2) is 76.9 Å². The summed E-state index contributed by atoms with van der Waals surface area (Å²) in [6.07, 6.45) is 0.930. The number of rotatable bonds is 5. The molecule has 1 atom stereocenters. The van der Waals surface area contributed by atoms with E-state index in [4.69, 9.17) is 10.5 Å². The second kappa shape index (κ2) is 8.62. The minimum Gasteiger partial charge on any atom is -0.494 e. The molecule has 0 spiro atoms. The highest BCUT2D eigenvalue weighted by Gasteiger charge is 2.28. The third-order valence-electron chi connectivity index (χ3n) is 6.51. The number of likely N-dealkylation sites (N-methyl/N-ethyl adjacent to an activating group) is 1. The molecule has 0 bridgehead atoms. The average Bonchev–Trinajstić information content (AvgIpc) is 3.47. The van der Waals surface area contributed by atoms with Crippen molar-refractivity contribution in [2.75, 3.05) is 34.3 Å². The number of aromatic nitrogens is 3. The van der Waals surface area contributed by atoms with E-state index < -0.39 is 11.7 Å². The Bertz CT molecular complexity index is 1480. The molecule has 10 heteroatoms. The Morgan fingerprint density at radius 3 is 2.66 bits per heavy atom. The van der Waals surface area contributed by atoms with Crippen LogP contribution in [-0.2, 0) is 0 Å². The van der Waals surface area contributed by atoms with Crippen LogP contribution < -0.4 is 10.5 Å². The number of primary amides is 1. The predicted octanol–water partition coefficient (Wildman–Crippen LogP) is 2.80. The van der Waals surface area contributed by atoms with E-state index in [9.17, 15) is 14.0 Å². The number of halogens is 1. The summed E-state index contributed by atoms with van der Waals surface area (Å²) >= 11 is 0. The lowest BCUT2D eigenvalue weighted by molar-refractivity contribution is 0.0783. The van der Waals surface area contributed by atoms with E-state index in [1.54, 1.807) is 24.3 Å². The zero-order valence-electron chi connectivity index (χ0n) is 19.6. The number of fused-ring (bicyclic) bond motifs is 3. The summed E-state index contributed by atoms with van der Waals surface area (Å²) in [6.45, 7) is 1.38. The molecule has 180 valence electrons. The maximum absolute atomic E-state index is 14.3. The van der Waals surface area contributed by atoms with Crippen LogP contribution in [0.15, 0.2) is 36.4 Å². The number of carbonyl (C=O) groups excluding carboxylic acids is 2. The van der Waals surface area contributed by atoms with E-state index in [0.29, 0.717) is 52.2 Å². The molecule has 2 amide bonds. The number of nitrogens with two attached hydrogens (primary N) is 1. The number of carbonyl (C=O) groups is 2. The Kier molecular flexibility index (Phi) is 5.60. The first-order chi connectivity index (χ1) is 16.8. The van der Waals surface area contributed by atoms with Crippen LogP contribution in [0.2, 0.25) is 0 Å². The minimum absolute atomic E-state index is 0.0151. The highest BCUT2D eigenvalue weighted by Crippen LogP contribution is 2.30. The third kappa shape index (κ3) is 3.95. The van der Waals surface area contributed by atoms with Crippen molar-refractivity contribution in [3.05, 3.63) is 53.5 Å². The molecule has 3 heterocycles. The van der Waals surface area contributed by atoms with Gasteiger partial charge in [-0.3, -0.25) is 9.59 Å². The Morgan fingerprint density at radius 2 is 2.00 bits per heavy atom. The minimum atomic E-state index is -0.748. The second-order valence-corrected chi connectivity index (χ2v) is 8.88. The molecular weight excluding hydrogens is 451 g/mol. The molecular formula is C25H25FN6O3. The zero-order valence-corrected chi connectivity index (χ0v) is 19.6. The van der Waals surface area contributed by atoms with Gasteiger partial charge in [-0.1, -0.05) is 0 Å². The molecule has 0 saturated carbocycles. The average molecular weight is 477 g/mol. The van der Waals surface area contributed by atoms with Gasteiger partial charge in [0.15, 0.2) is 23.1 Å². The molecule has 2 aromatic carbocycles. The number of amides is 2. The monoisotopic (exact) mass is 476 g/mol. The number of hydrogen-bond acceptors (Lipinski definition) is 6. The molecule has 0 radical (unpaired) electrons. The molecule has 4 aromatic rings. The summed E-state index contributed by atoms with van der Waals surface area (Å²) in [6, 6.07) is 9.94. The van der Waals surface area contributed by atoms with Crippen molar-refractivity contribution < 1.29 is 18.7 Å². The molecule has 0 unspecified atom stereocenters. The first-order valence-corrected chi connectivity index (χ1v) is 11.2. The second-order valence-electron chi connectivity index (χ2n) is 8.88. The van der Waals surface area contributed by atoms with E-state index >= 15 is 0 Å². The number of benzene rings is 2. The van der Waals surface area contributed by atoms with Crippen molar-refractivity contribution in [1.29, 1.82) is 0 Å². The highest BCUT2D eigenvalue weighted by molar-refractivity contribution is 6.13. The molecule has 1 saturated heterocycles. The van der Waals surface area contributed by atoms with Gasteiger partial charge in [0.2, 0.25) is 0 Å². The van der Waals surface area contributed by atoms with Crippen LogP contribution in [0, 0.1) is 5.82 Å². The fourth-order valence-electron chi connectivity index (χ4n) is 4.54. The number of ether oxygens (including phenoxy) is 1. The fraction of sp³-hybridized carbons (Fsp3) is 0.280. The molecule has 5 rings (SSSR count). The number of H-pyrrole nitrogens is 1. The number of aromatic amines is 1. The summed E-state index contributed by atoms with van der Waals surface area (Å²) in [5, 5.41) is 0.698. The first-order valence-electron chi connectivity index (χ1n) is 11.2. The van der Waals surface area contributed by atoms with Gasteiger partial charge in [0.05, 0.1) is 12.6 Å². The Balaban J connectivity index is 1.58. The van der Waals surface area contributed by atoms with Gasteiger partial charge in [0.1, 0.15) is 5.52 Å². The number of hydrogen-bond donors (Lipinski definition) is 2. The van der Waals surface area contributed by atoms with Crippen molar-refractivity contribution in [3.8, 4) is 17.1 Å². The molecule has 0 aliphatic carbocycles. The Morgan fingerprint density at radius 1 is 1.20 bits per heavy atom. The lowest BCUT2D eigenvalue weighted by Crippen LogP contribution is -2.34. The standard InChI is InChI=1S/C25H25FN6O3/c1-31(2)15-8-9-32(12-15)25(34)14-4-6-16-18(11-14)28-21-20(16)29-24(30-22(21)23(27)33)13-5-7-19(35-3)17(26)10-13/h4-7,10-11,15,28H,8-9,12H2,1-3H3,(H2,27,33)/t15-/m0/s1. The van der Waals surface area contributed by atoms with Crippen molar-refractivity contribution in [2.24, 2.45) is 5.73 Å². The third-order valence-corrected chi connectivity index (χ3v) is 6.51. The molecule has 1 aliphatic rings. The molecule has 2 aromatic heterocycles. The van der Waals surface area contributed by atoms with E-state index in [1.165, 1.54) is 19.2 Å². The molecule has 35 heavy (non-hydrogen) atoms. The van der Waals surface area contributed by atoms with Crippen LogP contribution in [0.1, 0.15) is 27.3 Å². The number of nitrogens with one attached hydrogen (secondary N) is 1. The number of nitrogens with zero attached hydrogens (tertiary/aromatic N) is 4. The Hall–Kier alpha value is -4.05. The SMILES string of the molecule is COc1ccc(-c2nc(C(N)=O)c3[nH]c4cc(C(=O)N5CC[C@H](N(C)C)C5)ccc4c3n2)cc1F. The molecule has 9 nitrogen and oxygen atoms in total. The van der Waals surface area contributed by atoms with E-state index in [0.717, 1.165) is 6.42 Å². The van der Waals surface area contributed by atoms with E-state index in [2.05, 4.69) is 19.9 Å². The van der Waals surface area contributed by atoms with Crippen molar-refractivity contribution in [1.82, 2.24) is 24.8 Å². The topological polar surface area (TPSA) is 117 Å². The van der Waals surface area contributed by atoms with Crippen molar-refractivity contribution >= 4 is 33.8 Å². The van der Waals surface area contributed by atoms with Gasteiger partial charge in [-0.2, -0.15) is 0 Å². The van der Waals surface area contributed by atoms with Gasteiger partial charge in [-0.15, -0.1) is 0 Å². The van der Waals surface area contributed by atoms with Crippen LogP contribution in [0.3, 0.4) is 0 Å². The van der Waals surface area contributed by atoms with E-state index in [1.807, 2.05) is 19.0 Å². The zero-order chi connectivity index (χ0) is 24.9. The normalized spacial score (nSPS) is 15.9. The first kappa shape index (κ1) is 22.7. The van der Waals surface area contributed by atoms with Gasteiger partial charge in [0.25, 0.3) is 11.8 Å².